The molecule has 0 fully saturated rings. The summed E-state index contributed by atoms with van der Waals surface area (Å²) in [6.45, 7) is 1.10. The van der Waals surface area contributed by atoms with Gasteiger partial charge in [-0.15, -0.1) is 0 Å². The van der Waals surface area contributed by atoms with Crippen LogP contribution in [0, 0.1) is 4.91 Å². The van der Waals surface area contributed by atoms with E-state index < -0.39 is 5.09 Å². The highest BCUT2D eigenvalue weighted by molar-refractivity contribution is 5.89. The number of aromatic nitrogens is 1. The van der Waals surface area contributed by atoms with Crippen molar-refractivity contribution < 1.29 is 19.9 Å². The van der Waals surface area contributed by atoms with E-state index in [-0.39, 0.29) is 13.2 Å². The molecule has 0 amide bonds. The molecule has 0 aliphatic rings. The van der Waals surface area contributed by atoms with Gasteiger partial charge < -0.3 is 14.6 Å². The average Bonchev–Trinajstić information content (AvgIpc) is 2.85. The van der Waals surface area contributed by atoms with E-state index in [2.05, 4.69) is 14.7 Å². The Morgan fingerprint density at radius 3 is 2.86 bits per heavy atom. The zero-order valence-corrected chi connectivity index (χ0v) is 12.2. The van der Waals surface area contributed by atoms with Gasteiger partial charge in [0, 0.05) is 23.6 Å². The van der Waals surface area contributed by atoms with Crippen molar-refractivity contribution in [3.63, 3.8) is 0 Å². The summed E-state index contributed by atoms with van der Waals surface area (Å²) in [5.74, 6) is 0.737. The van der Waals surface area contributed by atoms with E-state index in [1.165, 1.54) is 5.56 Å². The Labute approximate surface area is 122 Å². The Bertz CT molecular complexity index is 609. The maximum atomic E-state index is 10.2. The van der Waals surface area contributed by atoms with Gasteiger partial charge in [-0.25, -0.2) is 5.21 Å². The number of rotatable bonds is 8. The van der Waals surface area contributed by atoms with Crippen LogP contribution in [0.5, 0.6) is 5.75 Å². The van der Waals surface area contributed by atoms with Gasteiger partial charge in [0.2, 0.25) is 6.61 Å². The highest BCUT2D eigenvalue weighted by Crippen LogP contribution is 2.29. The van der Waals surface area contributed by atoms with E-state index in [1.807, 2.05) is 38.5 Å². The van der Waals surface area contributed by atoms with Crippen LogP contribution in [0.1, 0.15) is 5.56 Å². The number of benzene rings is 1. The van der Waals surface area contributed by atoms with Crippen molar-refractivity contribution in [1.29, 1.82) is 0 Å². The number of likely N-dealkylation sites (N-methyl/N-ethyl adjacent to an activating group) is 1. The van der Waals surface area contributed by atoms with Gasteiger partial charge in [-0.3, -0.25) is 0 Å². The quantitative estimate of drug-likeness (QED) is 0.573. The molecule has 0 aliphatic heterocycles. The van der Waals surface area contributed by atoms with Crippen LogP contribution in [0.2, 0.25) is 0 Å². The van der Waals surface area contributed by atoms with Gasteiger partial charge in [-0.05, 0) is 38.2 Å². The predicted molar refractivity (Wildman–Crippen MR) is 77.4 cm³/mol. The van der Waals surface area contributed by atoms with Gasteiger partial charge in [0.25, 0.3) is 0 Å². The Morgan fingerprint density at radius 1 is 1.33 bits per heavy atom. The van der Waals surface area contributed by atoms with Crippen LogP contribution in [-0.4, -0.2) is 54.0 Å². The van der Waals surface area contributed by atoms with Crippen molar-refractivity contribution in [2.45, 2.75) is 6.42 Å². The van der Waals surface area contributed by atoms with Crippen molar-refractivity contribution in [1.82, 2.24) is 9.88 Å². The predicted octanol–water partition coefficient (Wildman–Crippen LogP) is 1.75. The highest BCUT2D eigenvalue weighted by Gasteiger charge is 2.11. The van der Waals surface area contributed by atoms with Crippen LogP contribution < -0.4 is 4.74 Å². The fourth-order valence-electron chi connectivity index (χ4n) is 2.15. The van der Waals surface area contributed by atoms with E-state index in [0.717, 1.165) is 29.6 Å². The molecule has 0 bridgehead atoms. The van der Waals surface area contributed by atoms with Crippen molar-refractivity contribution in [2.24, 2.45) is 0 Å². The minimum atomic E-state index is -0.567. The largest absolute Gasteiger partial charge is 0.489 e. The molecule has 2 aromatic rings. The summed E-state index contributed by atoms with van der Waals surface area (Å²) >= 11 is 0. The summed E-state index contributed by atoms with van der Waals surface area (Å²) in [4.78, 5) is 19.9. The highest BCUT2D eigenvalue weighted by atomic mass is 17.0. The smallest absolute Gasteiger partial charge is 0.475 e. The van der Waals surface area contributed by atoms with Crippen LogP contribution in [0.15, 0.2) is 24.4 Å². The zero-order valence-electron chi connectivity index (χ0n) is 12.2. The normalized spacial score (nSPS) is 11.0. The third-order valence-corrected chi connectivity index (χ3v) is 3.12. The third-order valence-electron chi connectivity index (χ3n) is 3.12. The lowest BCUT2D eigenvalue weighted by Crippen LogP contribution is -2.15. The number of H-pyrrole nitrogens is 1. The molecule has 0 aliphatic carbocycles. The summed E-state index contributed by atoms with van der Waals surface area (Å²) in [6.07, 6.45) is 2.90. The van der Waals surface area contributed by atoms with Crippen molar-refractivity contribution in [3.8, 4) is 5.75 Å². The Morgan fingerprint density at radius 2 is 2.14 bits per heavy atom. The summed E-state index contributed by atoms with van der Waals surface area (Å²) < 4.78 is 5.64. The average molecular weight is 294 g/mol. The molecule has 0 atom stereocenters. The molecule has 2 rings (SSSR count). The van der Waals surface area contributed by atoms with Gasteiger partial charge in [-0.1, -0.05) is 6.07 Å². The van der Waals surface area contributed by atoms with E-state index >= 15 is 0 Å². The minimum Gasteiger partial charge on any atom is -0.489 e. The second kappa shape index (κ2) is 6.94. The first-order valence-corrected chi connectivity index (χ1v) is 6.73. The van der Waals surface area contributed by atoms with E-state index in [4.69, 9.17) is 9.94 Å². The molecule has 2 N–H and O–H groups in total. The third kappa shape index (κ3) is 4.09. The molecule has 7 nitrogen and oxygen atoms in total. The number of nitrogens with zero attached hydrogens (tertiary/aromatic N) is 2. The van der Waals surface area contributed by atoms with E-state index in [1.54, 1.807) is 0 Å². The second-order valence-corrected chi connectivity index (χ2v) is 4.97. The number of aromatic amines is 1. The summed E-state index contributed by atoms with van der Waals surface area (Å²) in [7, 11) is 4.07. The van der Waals surface area contributed by atoms with Crippen molar-refractivity contribution in [2.75, 3.05) is 33.9 Å². The molecular formula is C14H20N3O4+. The van der Waals surface area contributed by atoms with E-state index in [0.29, 0.717) is 0 Å². The van der Waals surface area contributed by atoms with Gasteiger partial charge in [0.1, 0.15) is 17.3 Å². The van der Waals surface area contributed by atoms with Crippen molar-refractivity contribution in [3.05, 3.63) is 34.9 Å². The molecule has 21 heavy (non-hydrogen) atoms. The first-order chi connectivity index (χ1) is 10.1. The number of nitrogens with one attached hydrogen (secondary N) is 1. The molecule has 0 radical (unpaired) electrons. The van der Waals surface area contributed by atoms with Crippen molar-refractivity contribution >= 4 is 10.9 Å². The maximum absolute atomic E-state index is 10.2. The Balaban J connectivity index is 2.10. The number of hydrogen-bond donors (Lipinski definition) is 2. The first kappa shape index (κ1) is 15.1. The van der Waals surface area contributed by atoms with Gasteiger partial charge in [0.05, 0.1) is 0 Å². The molecule has 0 unspecified atom stereocenters. The molecule has 0 spiro atoms. The molecule has 1 aromatic carbocycles. The summed E-state index contributed by atoms with van der Waals surface area (Å²) in [5.41, 5.74) is 2.19. The fraction of sp³-hybridized carbons (Fsp3) is 0.429. The van der Waals surface area contributed by atoms with Gasteiger partial charge >= 0.3 is 5.09 Å². The molecule has 0 saturated heterocycles. The Hall–Kier alpha value is -2.28. The minimum absolute atomic E-state index is 0.0200. The maximum Gasteiger partial charge on any atom is 0.475 e. The second-order valence-electron chi connectivity index (χ2n) is 4.97. The lowest BCUT2D eigenvalue weighted by molar-refractivity contribution is -0.975. The molecular weight excluding hydrogens is 274 g/mol. The molecule has 1 aromatic heterocycles. The van der Waals surface area contributed by atoms with Gasteiger partial charge in [-0.2, -0.15) is 4.84 Å². The standard InChI is InChI=1S/C14H20N3O4/c1-16(2)7-6-11-10-15-12-4-3-5-13(14(11)12)20-8-9-21-17(18)19/h3-5,10,15H,6-9H2,1-2H3,(H,18,19)/q+1. The molecule has 0 saturated carbocycles. The van der Waals surface area contributed by atoms with Crippen LogP contribution >= 0.6 is 0 Å². The van der Waals surface area contributed by atoms with Gasteiger partial charge in [0.15, 0.2) is 0 Å². The first-order valence-electron chi connectivity index (χ1n) is 6.73. The van der Waals surface area contributed by atoms with Crippen LogP contribution in [0.4, 0.5) is 0 Å². The lowest BCUT2D eigenvalue weighted by Gasteiger charge is -2.10. The number of fused-ring (bicyclic) bond motifs is 1. The monoisotopic (exact) mass is 294 g/mol. The SMILES string of the molecule is CN(C)CCc1c[nH]c2cccc(OCCO[N+](=O)O)c12. The van der Waals surface area contributed by atoms with Crippen LogP contribution in [0.25, 0.3) is 10.9 Å². The summed E-state index contributed by atoms with van der Waals surface area (Å²) in [6, 6.07) is 5.77. The Kier molecular flexibility index (Phi) is 4.99. The van der Waals surface area contributed by atoms with Crippen LogP contribution in [-0.2, 0) is 11.3 Å². The molecule has 1 heterocycles. The fourth-order valence-corrected chi connectivity index (χ4v) is 2.15. The lowest BCUT2D eigenvalue weighted by atomic mass is 10.1. The number of hydrogen-bond acceptors (Lipinski definition) is 4. The van der Waals surface area contributed by atoms with E-state index in [9.17, 15) is 4.91 Å². The molecule has 114 valence electrons. The summed E-state index contributed by atoms with van der Waals surface area (Å²) in [5, 5.41) is 8.82. The molecule has 7 heteroatoms. The van der Waals surface area contributed by atoms with Crippen LogP contribution in [0.3, 0.4) is 0 Å². The zero-order chi connectivity index (χ0) is 15.2. The topological polar surface area (TPSA) is 77.8 Å². The number of ether oxygens (including phenoxy) is 1.